The summed E-state index contributed by atoms with van der Waals surface area (Å²) < 4.78 is 10.8. The summed E-state index contributed by atoms with van der Waals surface area (Å²) in [5.74, 6) is 7.00. The normalized spacial score (nSPS) is 11.1. The molecule has 0 spiro atoms. The van der Waals surface area contributed by atoms with Crippen molar-refractivity contribution in [2.75, 3.05) is 20.3 Å². The quantitative estimate of drug-likeness (QED) is 0.305. The smallest absolute Gasteiger partial charge is 0.121 e. The number of rotatable bonds is 7. The van der Waals surface area contributed by atoms with E-state index in [2.05, 4.69) is 24.0 Å². The molecule has 3 heteroatoms. The molecule has 0 aliphatic rings. The summed E-state index contributed by atoms with van der Waals surface area (Å²) in [6.07, 6.45) is 4.02. The highest BCUT2D eigenvalue weighted by atomic mass is 16.5. The van der Waals surface area contributed by atoms with Gasteiger partial charge in [-0.15, -0.1) is 0 Å². The Kier molecular flexibility index (Phi) is 7.83. The topological polar surface area (TPSA) is 30.8 Å². The first-order chi connectivity index (χ1) is 14.3. The van der Waals surface area contributed by atoms with Gasteiger partial charge in [0.1, 0.15) is 18.1 Å². The number of nitrogens with zero attached hydrogens (tertiary/aromatic N) is 1. The third-order valence-corrected chi connectivity index (χ3v) is 4.07. The molecule has 3 rings (SSSR count). The van der Waals surface area contributed by atoms with E-state index in [0.717, 1.165) is 22.6 Å². The van der Waals surface area contributed by atoms with E-state index in [9.17, 15) is 0 Å². The Morgan fingerprint density at radius 1 is 0.897 bits per heavy atom. The van der Waals surface area contributed by atoms with Crippen molar-refractivity contribution >= 4 is 17.5 Å². The van der Waals surface area contributed by atoms with Crippen LogP contribution in [0.25, 0.3) is 6.08 Å². The molecule has 29 heavy (non-hydrogen) atoms. The van der Waals surface area contributed by atoms with Crippen molar-refractivity contribution in [1.29, 1.82) is 0 Å². The van der Waals surface area contributed by atoms with E-state index in [4.69, 9.17) is 14.5 Å². The standard InChI is InChI=1S/C26H23NO2/c1-28-25-18-16-24(17-19-25)27-26(23-13-6-3-7-14-23)15-9-21-29-20-8-12-22-10-4-2-5-11-22/h2-8,10-14,16-19H,20-21H2,1H3/b12-8+,27-26?. The largest absolute Gasteiger partial charge is 0.497 e. The Bertz CT molecular complexity index is 995. The molecular weight excluding hydrogens is 358 g/mol. The maximum Gasteiger partial charge on any atom is 0.121 e. The van der Waals surface area contributed by atoms with Crippen LogP contribution in [0, 0.1) is 11.8 Å². The van der Waals surface area contributed by atoms with Gasteiger partial charge in [0.15, 0.2) is 0 Å². The summed E-state index contributed by atoms with van der Waals surface area (Å²) in [7, 11) is 1.65. The Balaban J connectivity index is 1.63. The molecule has 3 nitrogen and oxygen atoms in total. The summed E-state index contributed by atoms with van der Waals surface area (Å²) in [5.41, 5.74) is 3.66. The second kappa shape index (κ2) is 11.3. The molecule has 3 aromatic rings. The van der Waals surface area contributed by atoms with Gasteiger partial charge < -0.3 is 9.47 Å². The van der Waals surface area contributed by atoms with Gasteiger partial charge in [0.2, 0.25) is 0 Å². The number of benzene rings is 3. The van der Waals surface area contributed by atoms with E-state index in [-0.39, 0.29) is 0 Å². The van der Waals surface area contributed by atoms with E-state index in [1.54, 1.807) is 7.11 Å². The first-order valence-corrected chi connectivity index (χ1v) is 9.41. The maximum absolute atomic E-state index is 5.59. The monoisotopic (exact) mass is 381 g/mol. The van der Waals surface area contributed by atoms with Crippen molar-refractivity contribution in [3.8, 4) is 17.6 Å². The molecule has 0 aliphatic carbocycles. The minimum atomic E-state index is 0.341. The van der Waals surface area contributed by atoms with E-state index >= 15 is 0 Å². The molecular formula is C26H23NO2. The van der Waals surface area contributed by atoms with E-state index in [1.807, 2.05) is 84.9 Å². The van der Waals surface area contributed by atoms with Gasteiger partial charge in [-0.2, -0.15) is 0 Å². The summed E-state index contributed by atoms with van der Waals surface area (Å²) in [6.45, 7) is 0.855. The molecule has 0 N–H and O–H groups in total. The van der Waals surface area contributed by atoms with Crippen LogP contribution < -0.4 is 4.74 Å². The molecule has 0 aromatic heterocycles. The minimum absolute atomic E-state index is 0.341. The zero-order chi connectivity index (χ0) is 20.2. The number of hydrogen-bond acceptors (Lipinski definition) is 3. The molecule has 0 heterocycles. The van der Waals surface area contributed by atoms with Crippen LogP contribution in [0.3, 0.4) is 0 Å². The van der Waals surface area contributed by atoms with Crippen molar-refractivity contribution in [3.05, 3.63) is 102 Å². The highest BCUT2D eigenvalue weighted by molar-refractivity contribution is 6.14. The van der Waals surface area contributed by atoms with E-state index in [0.29, 0.717) is 18.9 Å². The van der Waals surface area contributed by atoms with Gasteiger partial charge in [-0.25, -0.2) is 4.99 Å². The van der Waals surface area contributed by atoms with E-state index < -0.39 is 0 Å². The lowest BCUT2D eigenvalue weighted by atomic mass is 10.1. The number of ether oxygens (including phenoxy) is 2. The predicted molar refractivity (Wildman–Crippen MR) is 120 cm³/mol. The van der Waals surface area contributed by atoms with Crippen LogP contribution in [0.15, 0.2) is 96.0 Å². The van der Waals surface area contributed by atoms with Gasteiger partial charge in [-0.1, -0.05) is 78.7 Å². The van der Waals surface area contributed by atoms with E-state index in [1.165, 1.54) is 0 Å². The molecule has 0 atom stereocenters. The molecule has 0 saturated heterocycles. The Morgan fingerprint density at radius 3 is 2.28 bits per heavy atom. The van der Waals surface area contributed by atoms with Gasteiger partial charge in [-0.05, 0) is 35.7 Å². The Morgan fingerprint density at radius 2 is 1.59 bits per heavy atom. The Hall–Kier alpha value is -3.61. The average molecular weight is 381 g/mol. The summed E-state index contributed by atoms with van der Waals surface area (Å²) in [4.78, 5) is 4.70. The molecule has 0 amide bonds. The maximum atomic E-state index is 5.59. The summed E-state index contributed by atoms with van der Waals surface area (Å²) >= 11 is 0. The van der Waals surface area contributed by atoms with Crippen molar-refractivity contribution in [1.82, 2.24) is 0 Å². The second-order valence-corrected chi connectivity index (χ2v) is 6.15. The summed E-state index contributed by atoms with van der Waals surface area (Å²) in [5, 5.41) is 0. The van der Waals surface area contributed by atoms with Gasteiger partial charge in [0, 0.05) is 5.56 Å². The summed E-state index contributed by atoms with van der Waals surface area (Å²) in [6, 6.07) is 27.7. The van der Waals surface area contributed by atoms with Gasteiger partial charge in [0.05, 0.1) is 19.4 Å². The third-order valence-electron chi connectivity index (χ3n) is 4.07. The molecule has 144 valence electrons. The first kappa shape index (κ1) is 20.1. The van der Waals surface area contributed by atoms with Crippen molar-refractivity contribution in [3.63, 3.8) is 0 Å². The number of methoxy groups -OCH3 is 1. The van der Waals surface area contributed by atoms with Crippen molar-refractivity contribution < 1.29 is 9.47 Å². The average Bonchev–Trinajstić information content (AvgIpc) is 2.79. The van der Waals surface area contributed by atoms with Crippen LogP contribution in [0.4, 0.5) is 5.69 Å². The fraction of sp³-hybridized carbons (Fsp3) is 0.115. The first-order valence-electron chi connectivity index (χ1n) is 9.41. The molecule has 0 fully saturated rings. The molecule has 0 bridgehead atoms. The fourth-order valence-corrected chi connectivity index (χ4v) is 2.59. The third kappa shape index (κ3) is 6.80. The minimum Gasteiger partial charge on any atom is -0.497 e. The zero-order valence-corrected chi connectivity index (χ0v) is 16.4. The van der Waals surface area contributed by atoms with Gasteiger partial charge >= 0.3 is 0 Å². The molecule has 0 aliphatic heterocycles. The van der Waals surface area contributed by atoms with Crippen LogP contribution in [0.5, 0.6) is 5.75 Å². The molecule has 3 aromatic carbocycles. The van der Waals surface area contributed by atoms with Crippen molar-refractivity contribution in [2.24, 2.45) is 4.99 Å². The van der Waals surface area contributed by atoms with Crippen molar-refractivity contribution in [2.45, 2.75) is 0 Å². The molecule has 0 unspecified atom stereocenters. The highest BCUT2D eigenvalue weighted by Crippen LogP contribution is 2.19. The van der Waals surface area contributed by atoms with Gasteiger partial charge in [-0.3, -0.25) is 0 Å². The van der Waals surface area contributed by atoms with Crippen LogP contribution in [0.2, 0.25) is 0 Å². The number of hydrogen-bond donors (Lipinski definition) is 0. The van der Waals surface area contributed by atoms with Gasteiger partial charge in [0.25, 0.3) is 0 Å². The number of aliphatic imine (C=N–C) groups is 1. The fourth-order valence-electron chi connectivity index (χ4n) is 2.59. The van der Waals surface area contributed by atoms with Crippen LogP contribution >= 0.6 is 0 Å². The zero-order valence-electron chi connectivity index (χ0n) is 16.4. The van der Waals surface area contributed by atoms with Crippen LogP contribution in [-0.4, -0.2) is 26.0 Å². The highest BCUT2D eigenvalue weighted by Gasteiger charge is 2.00. The lowest BCUT2D eigenvalue weighted by molar-refractivity contribution is 0.200. The predicted octanol–water partition coefficient (Wildman–Crippen LogP) is 5.55. The lowest BCUT2D eigenvalue weighted by Gasteiger charge is -2.02. The van der Waals surface area contributed by atoms with Crippen LogP contribution in [0.1, 0.15) is 11.1 Å². The SMILES string of the molecule is COc1ccc(N=C(C#CCOC/C=C/c2ccccc2)c2ccccc2)cc1. The Labute approximate surface area is 172 Å². The molecule has 0 radical (unpaired) electrons. The molecule has 0 saturated carbocycles. The van der Waals surface area contributed by atoms with Crippen LogP contribution in [-0.2, 0) is 4.74 Å². The lowest BCUT2D eigenvalue weighted by Crippen LogP contribution is -1.98. The second-order valence-electron chi connectivity index (χ2n) is 6.15.